The molecule has 0 radical (unpaired) electrons. The van der Waals surface area contributed by atoms with Gasteiger partial charge < -0.3 is 15.2 Å². The second-order valence-electron chi connectivity index (χ2n) is 4.75. The Bertz CT molecular complexity index is 198. The summed E-state index contributed by atoms with van der Waals surface area (Å²) in [6.07, 6.45) is -0.245. The molecule has 0 heterocycles. The first kappa shape index (κ1) is 14.4. The fourth-order valence-electron chi connectivity index (χ4n) is 0.943. The van der Waals surface area contributed by atoms with Crippen LogP contribution < -0.4 is 5.73 Å². The smallest absolute Gasteiger partial charge is 0.323 e. The van der Waals surface area contributed by atoms with Gasteiger partial charge in [-0.3, -0.25) is 4.79 Å². The number of hydrogen-bond acceptors (Lipinski definition) is 4. The third-order valence-electron chi connectivity index (χ3n) is 2.06. The lowest BCUT2D eigenvalue weighted by Crippen LogP contribution is -2.44. The molecule has 0 aliphatic carbocycles. The molecule has 0 fully saturated rings. The Morgan fingerprint density at radius 3 is 2.33 bits per heavy atom. The van der Waals surface area contributed by atoms with Gasteiger partial charge in [-0.1, -0.05) is 20.8 Å². The number of hydrogen-bond donors (Lipinski definition) is 1. The zero-order chi connectivity index (χ0) is 12.1. The van der Waals surface area contributed by atoms with Crippen LogP contribution in [-0.4, -0.2) is 31.3 Å². The van der Waals surface area contributed by atoms with Gasteiger partial charge in [0.2, 0.25) is 0 Å². The van der Waals surface area contributed by atoms with Gasteiger partial charge in [0, 0.05) is 6.61 Å². The van der Waals surface area contributed by atoms with E-state index in [2.05, 4.69) is 0 Å². The Kier molecular flexibility index (Phi) is 5.83. The number of rotatable bonds is 5. The molecule has 4 heteroatoms. The zero-order valence-corrected chi connectivity index (χ0v) is 10.4. The molecule has 90 valence electrons. The third-order valence-corrected chi connectivity index (χ3v) is 2.06. The van der Waals surface area contributed by atoms with Crippen molar-refractivity contribution in [3.05, 3.63) is 0 Å². The highest BCUT2D eigenvalue weighted by Crippen LogP contribution is 2.18. The Morgan fingerprint density at radius 1 is 1.40 bits per heavy atom. The molecule has 0 spiro atoms. The lowest BCUT2D eigenvalue weighted by atomic mass is 9.87. The Hall–Kier alpha value is -0.610. The van der Waals surface area contributed by atoms with E-state index in [9.17, 15) is 4.79 Å². The monoisotopic (exact) mass is 217 g/mol. The van der Waals surface area contributed by atoms with Gasteiger partial charge >= 0.3 is 5.97 Å². The van der Waals surface area contributed by atoms with Crippen LogP contribution in [0.25, 0.3) is 0 Å². The summed E-state index contributed by atoms with van der Waals surface area (Å²) in [4.78, 5) is 11.6. The van der Waals surface area contributed by atoms with Gasteiger partial charge in [0.25, 0.3) is 0 Å². The summed E-state index contributed by atoms with van der Waals surface area (Å²) in [5.41, 5.74) is 5.48. The number of carbonyl (C=O) groups excluding carboxylic acids is 1. The van der Waals surface area contributed by atoms with Gasteiger partial charge in [-0.15, -0.1) is 0 Å². The first-order valence-corrected chi connectivity index (χ1v) is 5.32. The van der Waals surface area contributed by atoms with Crippen molar-refractivity contribution in [1.29, 1.82) is 0 Å². The van der Waals surface area contributed by atoms with Gasteiger partial charge in [-0.2, -0.15) is 0 Å². The maximum atomic E-state index is 11.6. The molecule has 2 atom stereocenters. The molecule has 1 unspecified atom stereocenters. The van der Waals surface area contributed by atoms with Crippen LogP contribution in [0.5, 0.6) is 0 Å². The molecule has 4 nitrogen and oxygen atoms in total. The molecule has 2 N–H and O–H groups in total. The summed E-state index contributed by atoms with van der Waals surface area (Å²) in [5.74, 6) is -0.366. The van der Waals surface area contributed by atoms with Crippen LogP contribution in [0.3, 0.4) is 0 Å². The highest BCUT2D eigenvalue weighted by molar-refractivity contribution is 5.76. The average Bonchev–Trinajstić information content (AvgIpc) is 2.11. The molecular formula is C11H23NO3. The van der Waals surface area contributed by atoms with Crippen LogP contribution in [0.2, 0.25) is 0 Å². The van der Waals surface area contributed by atoms with Gasteiger partial charge in [0.15, 0.2) is 0 Å². The molecule has 0 rings (SSSR count). The van der Waals surface area contributed by atoms with Gasteiger partial charge in [0.05, 0.1) is 6.61 Å². The Morgan fingerprint density at radius 2 is 1.93 bits per heavy atom. The number of esters is 1. The van der Waals surface area contributed by atoms with E-state index in [0.29, 0.717) is 13.2 Å². The van der Waals surface area contributed by atoms with Gasteiger partial charge in [0.1, 0.15) is 12.1 Å². The average molecular weight is 217 g/mol. The molecule has 15 heavy (non-hydrogen) atoms. The largest absolute Gasteiger partial charge is 0.459 e. The number of ether oxygens (including phenoxy) is 2. The number of carbonyl (C=O) groups is 1. The maximum Gasteiger partial charge on any atom is 0.323 e. The lowest BCUT2D eigenvalue weighted by molar-refractivity contribution is -0.155. The minimum atomic E-state index is -0.596. The van der Waals surface area contributed by atoms with Gasteiger partial charge in [-0.25, -0.2) is 0 Å². The molecule has 0 bridgehead atoms. The lowest BCUT2D eigenvalue weighted by Gasteiger charge is -2.26. The molecule has 0 aromatic rings. The summed E-state index contributed by atoms with van der Waals surface area (Å²) >= 11 is 0. The molecule has 0 aliphatic heterocycles. The summed E-state index contributed by atoms with van der Waals surface area (Å²) in [6.45, 7) is 10.5. The topological polar surface area (TPSA) is 61.5 Å². The minimum absolute atomic E-state index is 0.245. The first-order chi connectivity index (χ1) is 6.79. The van der Waals surface area contributed by atoms with Crippen molar-refractivity contribution in [3.63, 3.8) is 0 Å². The van der Waals surface area contributed by atoms with E-state index in [0.717, 1.165) is 0 Å². The second-order valence-corrected chi connectivity index (χ2v) is 4.75. The Labute approximate surface area is 92.1 Å². The van der Waals surface area contributed by atoms with Crippen molar-refractivity contribution in [2.75, 3.05) is 13.2 Å². The minimum Gasteiger partial charge on any atom is -0.459 e. The molecule has 0 saturated heterocycles. The van der Waals surface area contributed by atoms with Crippen LogP contribution in [0.1, 0.15) is 34.6 Å². The standard InChI is InChI=1S/C11H23NO3/c1-6-14-7-8(2)15-10(13)9(12)11(3,4)5/h8-9H,6-7,12H2,1-5H3/t8?,9-/m0/s1. The van der Waals surface area contributed by atoms with Crippen molar-refractivity contribution in [2.45, 2.75) is 46.8 Å². The van der Waals surface area contributed by atoms with Crippen molar-refractivity contribution < 1.29 is 14.3 Å². The fourth-order valence-corrected chi connectivity index (χ4v) is 0.943. The van der Waals surface area contributed by atoms with E-state index in [-0.39, 0.29) is 17.5 Å². The van der Waals surface area contributed by atoms with Crippen LogP contribution in [0.4, 0.5) is 0 Å². The van der Waals surface area contributed by atoms with Crippen molar-refractivity contribution in [1.82, 2.24) is 0 Å². The van der Waals surface area contributed by atoms with Crippen molar-refractivity contribution in [2.24, 2.45) is 11.1 Å². The molecule has 0 saturated carbocycles. The SMILES string of the molecule is CCOCC(C)OC(=O)[C@H](N)C(C)(C)C. The summed E-state index contributed by atoms with van der Waals surface area (Å²) in [6, 6.07) is -0.596. The first-order valence-electron chi connectivity index (χ1n) is 5.32. The Balaban J connectivity index is 4.02. The van der Waals surface area contributed by atoms with Crippen LogP contribution in [0, 0.1) is 5.41 Å². The molecule has 0 amide bonds. The summed E-state index contributed by atoms with van der Waals surface area (Å²) < 4.78 is 10.3. The van der Waals surface area contributed by atoms with Crippen molar-refractivity contribution in [3.8, 4) is 0 Å². The van der Waals surface area contributed by atoms with E-state index >= 15 is 0 Å². The molecular weight excluding hydrogens is 194 g/mol. The van der Waals surface area contributed by atoms with Crippen molar-refractivity contribution >= 4 is 5.97 Å². The quantitative estimate of drug-likeness (QED) is 0.706. The van der Waals surface area contributed by atoms with Gasteiger partial charge in [-0.05, 0) is 19.3 Å². The summed E-state index contributed by atoms with van der Waals surface area (Å²) in [5, 5.41) is 0. The normalized spacial score (nSPS) is 15.9. The van der Waals surface area contributed by atoms with Crippen LogP contribution in [0.15, 0.2) is 0 Å². The van der Waals surface area contributed by atoms with E-state index in [4.69, 9.17) is 15.2 Å². The maximum absolute atomic E-state index is 11.6. The zero-order valence-electron chi connectivity index (χ0n) is 10.4. The second kappa shape index (κ2) is 6.08. The molecule has 0 aromatic carbocycles. The molecule has 0 aliphatic rings. The predicted octanol–water partition coefficient (Wildman–Crippen LogP) is 1.33. The van der Waals surface area contributed by atoms with E-state index < -0.39 is 6.04 Å². The fraction of sp³-hybridized carbons (Fsp3) is 0.909. The van der Waals surface area contributed by atoms with E-state index in [1.54, 1.807) is 6.92 Å². The van der Waals surface area contributed by atoms with Crippen LogP contribution in [-0.2, 0) is 14.3 Å². The number of nitrogens with two attached hydrogens (primary N) is 1. The van der Waals surface area contributed by atoms with E-state index in [1.807, 2.05) is 27.7 Å². The summed E-state index contributed by atoms with van der Waals surface area (Å²) in [7, 11) is 0. The predicted molar refractivity (Wildman–Crippen MR) is 59.5 cm³/mol. The molecule has 0 aromatic heterocycles. The third kappa shape index (κ3) is 5.74. The van der Waals surface area contributed by atoms with Crippen LogP contribution >= 0.6 is 0 Å². The van der Waals surface area contributed by atoms with E-state index in [1.165, 1.54) is 0 Å². The highest BCUT2D eigenvalue weighted by Gasteiger charge is 2.29. The highest BCUT2D eigenvalue weighted by atomic mass is 16.6.